The molecule has 1 aliphatic rings. The number of carbonyl (C=O) groups excluding carboxylic acids is 1. The third-order valence-electron chi connectivity index (χ3n) is 4.10. The highest BCUT2D eigenvalue weighted by atomic mass is 16.1. The highest BCUT2D eigenvalue weighted by Gasteiger charge is 2.26. The Morgan fingerprint density at radius 3 is 2.38 bits per heavy atom. The van der Waals surface area contributed by atoms with E-state index in [2.05, 4.69) is 45.9 Å². The molecule has 0 aromatic carbocycles. The quantitative estimate of drug-likeness (QED) is 0.358. The van der Waals surface area contributed by atoms with E-state index in [-0.39, 0.29) is 5.41 Å². The fourth-order valence-electron chi connectivity index (χ4n) is 2.80. The molecule has 1 aliphatic carbocycles. The fraction of sp³-hybridized carbons (Fsp3) is 0.450. The van der Waals surface area contributed by atoms with Crippen LogP contribution in [0.3, 0.4) is 0 Å². The standard InChI is InChI=1S/C20H28O/c1-16(8-6-9-17(2)13-15-21)11-12-19-18(3)10-7-14-20(19,4)5/h6,8-9,11-13,15H,7,10,14H2,1-5H3/b9-6?,12-11+,16-8?,17-13?. The first-order valence-corrected chi connectivity index (χ1v) is 7.72. The van der Waals surface area contributed by atoms with Crippen LogP contribution < -0.4 is 0 Å². The molecule has 0 aliphatic heterocycles. The van der Waals surface area contributed by atoms with Gasteiger partial charge < -0.3 is 0 Å². The molecule has 0 spiro atoms. The van der Waals surface area contributed by atoms with Gasteiger partial charge in [-0.2, -0.15) is 0 Å². The third kappa shape index (κ3) is 5.71. The number of allylic oxidation sites excluding steroid dienone is 10. The number of carbonyl (C=O) groups is 1. The SMILES string of the molecule is CC(C=CC=C(C)/C=C/C1=C(C)CCCC1(C)C)=CC=O. The lowest BCUT2D eigenvalue weighted by molar-refractivity contribution is -0.104. The maximum Gasteiger partial charge on any atom is 0.143 e. The number of hydrogen-bond acceptors (Lipinski definition) is 1. The van der Waals surface area contributed by atoms with Crippen LogP contribution in [0.5, 0.6) is 0 Å². The van der Waals surface area contributed by atoms with Gasteiger partial charge in [-0.05, 0) is 62.7 Å². The molecule has 0 saturated heterocycles. The predicted octanol–water partition coefficient (Wildman–Crippen LogP) is 5.72. The van der Waals surface area contributed by atoms with Crippen molar-refractivity contribution < 1.29 is 4.79 Å². The highest BCUT2D eigenvalue weighted by Crippen LogP contribution is 2.40. The van der Waals surface area contributed by atoms with Crippen molar-refractivity contribution in [3.05, 3.63) is 58.7 Å². The Bertz CT molecular complexity index is 522. The van der Waals surface area contributed by atoms with E-state index in [0.717, 1.165) is 11.9 Å². The number of aldehydes is 1. The van der Waals surface area contributed by atoms with Crippen LogP contribution in [-0.2, 0) is 4.79 Å². The molecule has 0 aromatic rings. The molecule has 1 heteroatoms. The van der Waals surface area contributed by atoms with Crippen molar-refractivity contribution in [2.24, 2.45) is 5.41 Å². The van der Waals surface area contributed by atoms with Gasteiger partial charge in [-0.25, -0.2) is 0 Å². The molecule has 0 bridgehead atoms. The van der Waals surface area contributed by atoms with Gasteiger partial charge in [0.05, 0.1) is 0 Å². The van der Waals surface area contributed by atoms with E-state index in [1.807, 2.05) is 19.1 Å². The molecule has 0 fully saturated rings. The van der Waals surface area contributed by atoms with E-state index in [4.69, 9.17) is 0 Å². The number of hydrogen-bond donors (Lipinski definition) is 0. The van der Waals surface area contributed by atoms with Crippen molar-refractivity contribution in [2.45, 2.75) is 53.9 Å². The van der Waals surface area contributed by atoms with Crippen LogP contribution in [0.1, 0.15) is 53.9 Å². The summed E-state index contributed by atoms with van der Waals surface area (Å²) in [4.78, 5) is 10.3. The van der Waals surface area contributed by atoms with Crippen LogP contribution in [0.2, 0.25) is 0 Å². The zero-order valence-corrected chi connectivity index (χ0v) is 14.1. The Morgan fingerprint density at radius 1 is 1.10 bits per heavy atom. The molecular formula is C20H28O. The molecule has 1 nitrogen and oxygen atoms in total. The third-order valence-corrected chi connectivity index (χ3v) is 4.10. The van der Waals surface area contributed by atoms with Gasteiger partial charge >= 0.3 is 0 Å². The summed E-state index contributed by atoms with van der Waals surface area (Å²) in [5.74, 6) is 0. The van der Waals surface area contributed by atoms with E-state index in [0.29, 0.717) is 0 Å². The maximum absolute atomic E-state index is 10.3. The summed E-state index contributed by atoms with van der Waals surface area (Å²) in [6.07, 6.45) is 16.6. The van der Waals surface area contributed by atoms with Crippen LogP contribution >= 0.6 is 0 Å². The molecule has 0 heterocycles. The Labute approximate surface area is 129 Å². The molecule has 0 saturated carbocycles. The minimum Gasteiger partial charge on any atom is -0.299 e. The number of rotatable bonds is 5. The summed E-state index contributed by atoms with van der Waals surface area (Å²) < 4.78 is 0. The second-order valence-electron chi connectivity index (χ2n) is 6.58. The molecule has 0 radical (unpaired) electrons. The first-order chi connectivity index (χ1) is 9.86. The molecule has 0 unspecified atom stereocenters. The topological polar surface area (TPSA) is 17.1 Å². The molecule has 0 atom stereocenters. The lowest BCUT2D eigenvalue weighted by atomic mass is 9.72. The summed E-state index contributed by atoms with van der Waals surface area (Å²) >= 11 is 0. The molecule has 0 N–H and O–H groups in total. The largest absolute Gasteiger partial charge is 0.299 e. The molecule has 21 heavy (non-hydrogen) atoms. The van der Waals surface area contributed by atoms with E-state index in [9.17, 15) is 4.79 Å². The normalized spacial score (nSPS) is 20.6. The van der Waals surface area contributed by atoms with Gasteiger partial charge in [0.2, 0.25) is 0 Å². The smallest absolute Gasteiger partial charge is 0.143 e. The van der Waals surface area contributed by atoms with Crippen molar-refractivity contribution in [3.8, 4) is 0 Å². The Kier molecular flexibility index (Phi) is 6.61. The van der Waals surface area contributed by atoms with E-state index in [1.165, 1.54) is 36.0 Å². The summed E-state index contributed by atoms with van der Waals surface area (Å²) in [6, 6.07) is 0. The minimum absolute atomic E-state index is 0.290. The summed E-state index contributed by atoms with van der Waals surface area (Å²) in [5, 5.41) is 0. The Hall–Kier alpha value is -1.63. The van der Waals surface area contributed by atoms with Crippen molar-refractivity contribution in [3.63, 3.8) is 0 Å². The maximum atomic E-state index is 10.3. The average Bonchev–Trinajstić information content (AvgIpc) is 2.37. The Balaban J connectivity index is 2.80. The van der Waals surface area contributed by atoms with E-state index in [1.54, 1.807) is 6.08 Å². The molecule has 1 rings (SSSR count). The minimum atomic E-state index is 0.290. The summed E-state index contributed by atoms with van der Waals surface area (Å²) in [5.41, 5.74) is 5.48. The molecule has 114 valence electrons. The van der Waals surface area contributed by atoms with Crippen LogP contribution in [0.25, 0.3) is 0 Å². The van der Waals surface area contributed by atoms with Crippen molar-refractivity contribution >= 4 is 6.29 Å². The van der Waals surface area contributed by atoms with E-state index >= 15 is 0 Å². The second kappa shape index (κ2) is 7.97. The van der Waals surface area contributed by atoms with Gasteiger partial charge in [-0.1, -0.05) is 55.4 Å². The molecular weight excluding hydrogens is 256 g/mol. The monoisotopic (exact) mass is 284 g/mol. The second-order valence-corrected chi connectivity index (χ2v) is 6.58. The van der Waals surface area contributed by atoms with Crippen LogP contribution in [0.4, 0.5) is 0 Å². The van der Waals surface area contributed by atoms with Crippen LogP contribution in [0.15, 0.2) is 58.7 Å². The van der Waals surface area contributed by atoms with Gasteiger partial charge in [0.25, 0.3) is 0 Å². The highest BCUT2D eigenvalue weighted by molar-refractivity contribution is 5.66. The molecule has 0 aromatic heterocycles. The fourth-order valence-corrected chi connectivity index (χ4v) is 2.80. The Morgan fingerprint density at radius 2 is 1.76 bits per heavy atom. The lowest BCUT2D eigenvalue weighted by Crippen LogP contribution is -2.19. The van der Waals surface area contributed by atoms with Gasteiger partial charge in [0.15, 0.2) is 0 Å². The zero-order valence-electron chi connectivity index (χ0n) is 14.1. The van der Waals surface area contributed by atoms with Gasteiger partial charge in [-0.3, -0.25) is 4.79 Å². The van der Waals surface area contributed by atoms with Crippen LogP contribution in [0, 0.1) is 5.41 Å². The van der Waals surface area contributed by atoms with Crippen LogP contribution in [-0.4, -0.2) is 6.29 Å². The lowest BCUT2D eigenvalue weighted by Gasteiger charge is -2.32. The van der Waals surface area contributed by atoms with Crippen molar-refractivity contribution in [2.75, 3.05) is 0 Å². The first kappa shape index (κ1) is 17.4. The van der Waals surface area contributed by atoms with Crippen molar-refractivity contribution in [1.29, 1.82) is 0 Å². The first-order valence-electron chi connectivity index (χ1n) is 7.72. The molecule has 0 amide bonds. The zero-order chi connectivity index (χ0) is 15.9. The van der Waals surface area contributed by atoms with Gasteiger partial charge in [-0.15, -0.1) is 0 Å². The predicted molar refractivity (Wildman–Crippen MR) is 92.2 cm³/mol. The average molecular weight is 284 g/mol. The van der Waals surface area contributed by atoms with Crippen molar-refractivity contribution in [1.82, 2.24) is 0 Å². The summed E-state index contributed by atoms with van der Waals surface area (Å²) in [7, 11) is 0. The van der Waals surface area contributed by atoms with Gasteiger partial charge in [0, 0.05) is 0 Å². The van der Waals surface area contributed by atoms with Gasteiger partial charge in [0.1, 0.15) is 6.29 Å². The van der Waals surface area contributed by atoms with E-state index < -0.39 is 0 Å². The summed E-state index contributed by atoms with van der Waals surface area (Å²) in [6.45, 7) is 10.9.